The van der Waals surface area contributed by atoms with Crippen LogP contribution in [0.5, 0.6) is 11.5 Å². The van der Waals surface area contributed by atoms with Gasteiger partial charge >= 0.3 is 6.82 Å². The van der Waals surface area contributed by atoms with E-state index in [2.05, 4.69) is 102 Å². The summed E-state index contributed by atoms with van der Waals surface area (Å²) in [6.07, 6.45) is 9.85. The largest absolute Gasteiger partial charge is 0.770 e. The highest BCUT2D eigenvalue weighted by Gasteiger charge is 2.59. The predicted molar refractivity (Wildman–Crippen MR) is 164 cm³/mol. The molecule has 2 aliphatic heterocycles. The van der Waals surface area contributed by atoms with Crippen molar-refractivity contribution < 1.29 is 9.31 Å². The van der Waals surface area contributed by atoms with Gasteiger partial charge in [0.05, 0.1) is 11.5 Å². The molecule has 0 N–H and O–H groups in total. The molecule has 0 aromatic heterocycles. The van der Waals surface area contributed by atoms with Crippen LogP contribution < -0.4 is 24.0 Å². The van der Waals surface area contributed by atoms with Crippen LogP contribution in [0.4, 0.5) is 5.69 Å². The van der Waals surface area contributed by atoms with Gasteiger partial charge in [0.1, 0.15) is 6.54 Å². The van der Waals surface area contributed by atoms with E-state index in [0.717, 1.165) is 62.1 Å². The average molecular weight is 512 g/mol. The zero-order valence-corrected chi connectivity index (χ0v) is 22.7. The van der Waals surface area contributed by atoms with Gasteiger partial charge in [-0.1, -0.05) is 87.4 Å². The number of nitrogens with zero attached hydrogens (tertiary/aromatic N) is 2. The van der Waals surface area contributed by atoms with Gasteiger partial charge < -0.3 is 18.6 Å². The van der Waals surface area contributed by atoms with Gasteiger partial charge in [-0.25, -0.2) is 0 Å². The van der Waals surface area contributed by atoms with Crippen LogP contribution in [0.25, 0.3) is 38.4 Å². The van der Waals surface area contributed by atoms with Crippen molar-refractivity contribution in [1.82, 2.24) is 4.49 Å². The summed E-state index contributed by atoms with van der Waals surface area (Å²) in [7, 11) is 0. The quantitative estimate of drug-likeness (QED) is 0.224. The highest BCUT2D eigenvalue weighted by Crippen LogP contribution is 2.47. The van der Waals surface area contributed by atoms with E-state index in [4.69, 9.17) is 9.31 Å². The van der Waals surface area contributed by atoms with Gasteiger partial charge in [-0.3, -0.25) is 0 Å². The first kappa shape index (κ1) is 23.0. The number of allylic oxidation sites excluding steroid dienone is 1. The van der Waals surface area contributed by atoms with Crippen LogP contribution in [-0.4, -0.2) is 19.9 Å². The summed E-state index contributed by atoms with van der Waals surface area (Å²) in [5.41, 5.74) is 3.94. The summed E-state index contributed by atoms with van der Waals surface area (Å²) < 4.78 is 17.0. The molecule has 1 unspecified atom stereocenters. The van der Waals surface area contributed by atoms with Crippen molar-refractivity contribution in [3.63, 3.8) is 0 Å². The summed E-state index contributed by atoms with van der Waals surface area (Å²) in [5, 5.41) is 8.71. The van der Waals surface area contributed by atoms with Crippen LogP contribution in [0.3, 0.4) is 0 Å². The monoisotopic (exact) mass is 512 g/mol. The zero-order chi connectivity index (χ0) is 26.1. The minimum atomic E-state index is -2.03. The molecule has 5 aromatic rings. The Hall–Kier alpha value is -3.99. The molecular formula is C34H33BN2O2. The van der Waals surface area contributed by atoms with Crippen LogP contribution in [0.15, 0.2) is 72.8 Å². The summed E-state index contributed by atoms with van der Waals surface area (Å²) in [6, 6.07) is 24.4. The molecule has 0 amide bonds. The average Bonchev–Trinajstić information content (AvgIpc) is 2.97. The Labute approximate surface area is 229 Å². The molecular weight excluding hydrogens is 479 g/mol. The maximum Gasteiger partial charge on any atom is 0.770 e. The van der Waals surface area contributed by atoms with Crippen LogP contribution in [-0.2, 0) is 6.42 Å². The normalized spacial score (nSPS) is 18.8. The number of hydrogen-bond acceptors (Lipinski definition) is 3. The minimum Gasteiger partial charge on any atom is -0.601 e. The SMILES string of the molecule is CCCCN1c2cc(c3cccc4c3c2CC=C4)O[B-]12Oc1cc(c3cccc4cccc1c43)=[N+]2CCCC. The topological polar surface area (TPSA) is 24.7 Å². The Morgan fingerprint density at radius 2 is 1.54 bits per heavy atom. The molecule has 194 valence electrons. The lowest BCUT2D eigenvalue weighted by atomic mass is 9.75. The standard InChI is InChI=1S/C34H33BN2O2/c1-3-5-19-36-29-21-31(27-17-9-13-23-11-7-15-25(29)33(23)27)38-35(36)37(20-6-4-2)30-22-32(39-35)28-18-10-14-24-12-8-16-26(30)34(24)28/h7-15,17-18,21-22H,3-6,16,19-20H2,1-2H3. The first-order chi connectivity index (χ1) is 19.2. The van der Waals surface area contributed by atoms with Gasteiger partial charge in [0.2, 0.25) is 0 Å². The minimum absolute atomic E-state index is 0.874. The lowest BCUT2D eigenvalue weighted by Gasteiger charge is -2.51. The predicted octanol–water partition coefficient (Wildman–Crippen LogP) is 7.25. The summed E-state index contributed by atoms with van der Waals surface area (Å²) in [6.45, 7) is 4.25. The molecule has 5 heteroatoms. The van der Waals surface area contributed by atoms with E-state index in [1.165, 1.54) is 49.1 Å². The molecule has 4 nitrogen and oxygen atoms in total. The van der Waals surface area contributed by atoms with E-state index in [1.54, 1.807) is 0 Å². The molecule has 0 fully saturated rings. The van der Waals surface area contributed by atoms with E-state index in [0.29, 0.717) is 0 Å². The zero-order valence-electron chi connectivity index (χ0n) is 22.7. The molecule has 4 bridgehead atoms. The van der Waals surface area contributed by atoms with Gasteiger partial charge in [-0.15, -0.1) is 0 Å². The van der Waals surface area contributed by atoms with Crippen molar-refractivity contribution >= 4 is 50.9 Å². The fourth-order valence-electron chi connectivity index (χ4n) is 7.26. The summed E-state index contributed by atoms with van der Waals surface area (Å²) >= 11 is 0. The van der Waals surface area contributed by atoms with Crippen molar-refractivity contribution in [2.24, 2.45) is 0 Å². The maximum atomic E-state index is 7.28. The van der Waals surface area contributed by atoms with E-state index in [9.17, 15) is 0 Å². The number of unbranched alkanes of at least 4 members (excludes halogenated alkanes) is 2. The molecule has 0 saturated carbocycles. The Balaban J connectivity index is 1.48. The fourth-order valence-corrected chi connectivity index (χ4v) is 7.26. The van der Waals surface area contributed by atoms with Crippen LogP contribution in [0.1, 0.15) is 50.7 Å². The lowest BCUT2D eigenvalue weighted by molar-refractivity contribution is 0.325. The second kappa shape index (κ2) is 8.51. The Kier molecular flexibility index (Phi) is 5.01. The lowest BCUT2D eigenvalue weighted by Crippen LogP contribution is -2.77. The van der Waals surface area contributed by atoms with E-state index >= 15 is 0 Å². The first-order valence-electron chi connectivity index (χ1n) is 14.7. The summed E-state index contributed by atoms with van der Waals surface area (Å²) in [5.74, 6) is 1.86. The molecule has 8 rings (SSSR count). The van der Waals surface area contributed by atoms with E-state index < -0.39 is 6.82 Å². The van der Waals surface area contributed by atoms with Crippen molar-refractivity contribution in [2.75, 3.05) is 17.9 Å². The Morgan fingerprint density at radius 3 is 2.33 bits per heavy atom. The van der Waals surface area contributed by atoms with Crippen molar-refractivity contribution in [2.45, 2.75) is 46.0 Å². The van der Waals surface area contributed by atoms with Crippen LogP contribution in [0.2, 0.25) is 0 Å². The van der Waals surface area contributed by atoms with Gasteiger partial charge in [0, 0.05) is 39.7 Å². The second-order valence-corrected chi connectivity index (χ2v) is 11.3. The molecule has 0 saturated heterocycles. The van der Waals surface area contributed by atoms with Crippen molar-refractivity contribution in [1.29, 1.82) is 0 Å². The number of hydrogen-bond donors (Lipinski definition) is 0. The fraction of sp³-hybridized carbons (Fsp3) is 0.265. The van der Waals surface area contributed by atoms with Gasteiger partial charge in [-0.05, 0) is 53.4 Å². The number of fused-ring (bicyclic) bond motifs is 8. The molecule has 5 aromatic carbocycles. The molecule has 1 atom stereocenters. The molecule has 1 spiro atoms. The number of anilines is 1. The highest BCUT2D eigenvalue weighted by atomic mass is 16.6. The van der Waals surface area contributed by atoms with Gasteiger partial charge in [0.15, 0.2) is 5.36 Å². The van der Waals surface area contributed by atoms with Crippen molar-refractivity contribution in [3.05, 3.63) is 89.3 Å². The molecule has 1 aliphatic carbocycles. The third-order valence-electron chi connectivity index (χ3n) is 9.05. The van der Waals surface area contributed by atoms with Crippen molar-refractivity contribution in [3.8, 4) is 11.5 Å². The third kappa shape index (κ3) is 3.10. The van der Waals surface area contributed by atoms with Gasteiger partial charge in [0.25, 0.3) is 0 Å². The first-order valence-corrected chi connectivity index (χ1v) is 14.7. The number of benzene rings is 5. The molecule has 0 radical (unpaired) electrons. The van der Waals surface area contributed by atoms with E-state index in [-0.39, 0.29) is 0 Å². The van der Waals surface area contributed by atoms with Gasteiger partial charge in [-0.2, -0.15) is 0 Å². The Bertz CT molecular complexity index is 1890. The maximum absolute atomic E-state index is 7.28. The highest BCUT2D eigenvalue weighted by molar-refractivity contribution is 6.72. The number of rotatable bonds is 6. The third-order valence-corrected chi connectivity index (χ3v) is 9.05. The Morgan fingerprint density at radius 1 is 0.821 bits per heavy atom. The molecule has 39 heavy (non-hydrogen) atoms. The molecule has 2 heterocycles. The second-order valence-electron chi connectivity index (χ2n) is 11.3. The summed E-state index contributed by atoms with van der Waals surface area (Å²) in [4.78, 5) is 2.50. The van der Waals surface area contributed by atoms with E-state index in [1.807, 2.05) is 0 Å². The van der Waals surface area contributed by atoms with Crippen LogP contribution >= 0.6 is 0 Å². The molecule has 3 aliphatic rings. The smallest absolute Gasteiger partial charge is 0.601 e. The van der Waals surface area contributed by atoms with Crippen LogP contribution in [0, 0.1) is 0 Å².